The van der Waals surface area contributed by atoms with Gasteiger partial charge in [0.05, 0.1) is 16.2 Å². The third-order valence-corrected chi connectivity index (χ3v) is 9.13. The normalized spacial score (nSPS) is 12.6. The molecule has 4 aromatic carbocycles. The number of aliphatic carboxylic acids is 1. The minimum absolute atomic E-state index is 0.200. The summed E-state index contributed by atoms with van der Waals surface area (Å²) in [6, 6.07) is 36.7. The van der Waals surface area contributed by atoms with Crippen molar-refractivity contribution in [3.8, 4) is 0 Å². The summed E-state index contributed by atoms with van der Waals surface area (Å²) >= 11 is 1.83. The smallest absolute Gasteiger partial charge is 0.335 e. The van der Waals surface area contributed by atoms with E-state index in [4.69, 9.17) is 0 Å². The van der Waals surface area contributed by atoms with Gasteiger partial charge in [0, 0.05) is 0 Å². The number of aromatic carboxylic acids is 1. The molecule has 2 N–H and O–H groups in total. The molecule has 0 saturated carbocycles. The van der Waals surface area contributed by atoms with Gasteiger partial charge in [-0.2, -0.15) is 0 Å². The molecule has 0 heterocycles. The van der Waals surface area contributed by atoms with Gasteiger partial charge in [-0.15, -0.1) is 11.8 Å². The molecule has 0 aliphatic rings. The summed E-state index contributed by atoms with van der Waals surface area (Å²) in [6.45, 7) is 6.09. The molecule has 1 atom stereocenters. The number of carboxylic acids is 2. The lowest BCUT2D eigenvalue weighted by atomic mass is 9.83. The number of carbonyl (C=O) groups is 2. The Morgan fingerprint density at radius 3 is 1.61 bits per heavy atom. The molecule has 0 amide bonds. The molecule has 0 fully saturated rings. The van der Waals surface area contributed by atoms with E-state index in [0.717, 1.165) is 16.9 Å². The zero-order chi connectivity index (χ0) is 29.5. The van der Waals surface area contributed by atoms with Crippen LogP contribution in [0.5, 0.6) is 0 Å². The zero-order valence-electron chi connectivity index (χ0n) is 23.9. The molecule has 0 spiro atoms. The van der Waals surface area contributed by atoms with Crippen molar-refractivity contribution in [2.45, 2.75) is 50.2 Å². The number of thioether (sulfide) groups is 1. The molecule has 0 saturated heterocycles. The summed E-state index contributed by atoms with van der Waals surface area (Å²) in [6.07, 6.45) is 1.50. The highest BCUT2D eigenvalue weighted by Crippen LogP contribution is 2.48. The number of carboxylic acid groups (broad SMARTS) is 2. The molecule has 4 nitrogen and oxygen atoms in total. The molecule has 41 heavy (non-hydrogen) atoms. The van der Waals surface area contributed by atoms with Crippen LogP contribution in [-0.2, 0) is 21.4 Å². The first kappa shape index (κ1) is 30.1. The minimum atomic E-state index is -1.00. The maximum Gasteiger partial charge on any atom is 0.335 e. The Kier molecular flexibility index (Phi) is 9.72. The maximum absolute atomic E-state index is 12.3. The molecule has 0 bridgehead atoms. The van der Waals surface area contributed by atoms with Gasteiger partial charge in [0.15, 0.2) is 0 Å². The van der Waals surface area contributed by atoms with Crippen LogP contribution in [0.25, 0.3) is 0 Å². The summed E-state index contributed by atoms with van der Waals surface area (Å²) in [5.41, 5.74) is 5.13. The van der Waals surface area contributed by atoms with E-state index in [2.05, 4.69) is 72.8 Å². The van der Waals surface area contributed by atoms with Gasteiger partial charge in [0.25, 0.3) is 0 Å². The van der Waals surface area contributed by atoms with E-state index in [1.54, 1.807) is 12.1 Å². The second kappa shape index (κ2) is 13.2. The van der Waals surface area contributed by atoms with Crippen LogP contribution in [0.15, 0.2) is 109 Å². The molecule has 0 aliphatic heterocycles. The minimum Gasteiger partial charge on any atom is -0.481 e. The number of hydrogen-bond donors (Lipinski definition) is 2. The van der Waals surface area contributed by atoms with Crippen LogP contribution in [0.1, 0.15) is 71.8 Å². The van der Waals surface area contributed by atoms with Gasteiger partial charge in [-0.05, 0) is 70.4 Å². The molecule has 0 radical (unpaired) electrons. The first-order chi connectivity index (χ1) is 19.6. The van der Waals surface area contributed by atoms with Gasteiger partial charge in [-0.25, -0.2) is 4.79 Å². The predicted octanol–water partition coefficient (Wildman–Crippen LogP) is 8.43. The van der Waals surface area contributed by atoms with Crippen molar-refractivity contribution in [1.29, 1.82) is 0 Å². The van der Waals surface area contributed by atoms with Gasteiger partial charge in [-0.3, -0.25) is 4.79 Å². The van der Waals surface area contributed by atoms with Crippen LogP contribution < -0.4 is 0 Å². The van der Waals surface area contributed by atoms with Crippen LogP contribution in [0.3, 0.4) is 0 Å². The van der Waals surface area contributed by atoms with Crippen LogP contribution >= 0.6 is 11.8 Å². The lowest BCUT2D eigenvalue weighted by molar-refractivity contribution is -0.141. The highest BCUT2D eigenvalue weighted by Gasteiger charge is 2.36. The average molecular weight is 567 g/mol. The number of rotatable bonds is 12. The van der Waals surface area contributed by atoms with Crippen molar-refractivity contribution >= 4 is 23.7 Å². The summed E-state index contributed by atoms with van der Waals surface area (Å²) < 4.78 is -0.445. The topological polar surface area (TPSA) is 74.6 Å². The summed E-state index contributed by atoms with van der Waals surface area (Å²) in [5, 5.41) is 19.8. The maximum atomic E-state index is 12.3. The Bertz CT molecular complexity index is 1350. The number of benzene rings is 4. The fraction of sp³-hybridized carbons (Fsp3) is 0.278. The third-order valence-electron chi connectivity index (χ3n) is 7.49. The van der Waals surface area contributed by atoms with Crippen LogP contribution in [-0.4, -0.2) is 27.9 Å². The highest BCUT2D eigenvalue weighted by atomic mass is 32.2. The van der Waals surface area contributed by atoms with Crippen molar-refractivity contribution in [3.63, 3.8) is 0 Å². The van der Waals surface area contributed by atoms with Crippen molar-refractivity contribution in [2.75, 3.05) is 5.75 Å². The third kappa shape index (κ3) is 7.28. The van der Waals surface area contributed by atoms with Gasteiger partial charge >= 0.3 is 11.9 Å². The molecule has 1 unspecified atom stereocenters. The number of hydrogen-bond acceptors (Lipinski definition) is 3. The van der Waals surface area contributed by atoms with Crippen LogP contribution in [0.2, 0.25) is 0 Å². The fourth-order valence-corrected chi connectivity index (χ4v) is 6.81. The zero-order valence-corrected chi connectivity index (χ0v) is 24.7. The van der Waals surface area contributed by atoms with Gasteiger partial charge in [0.2, 0.25) is 0 Å². The molecular formula is C36H38O4S. The van der Waals surface area contributed by atoms with Gasteiger partial charge in [-0.1, -0.05) is 118 Å². The SMILES string of the molecule is CC(C)(C)c1cc(CC(CCCSC(c2ccccc2)(c2ccccc2)c2ccccc2)C(=O)O)cc(C(=O)O)c1. The van der Waals surface area contributed by atoms with E-state index in [-0.39, 0.29) is 11.0 Å². The lowest BCUT2D eigenvalue weighted by Gasteiger charge is -2.35. The molecular weight excluding hydrogens is 528 g/mol. The highest BCUT2D eigenvalue weighted by molar-refractivity contribution is 8.00. The fourth-order valence-electron chi connectivity index (χ4n) is 5.29. The summed E-state index contributed by atoms with van der Waals surface area (Å²) in [4.78, 5) is 24.1. The van der Waals surface area contributed by atoms with Crippen molar-refractivity contribution in [2.24, 2.45) is 5.92 Å². The van der Waals surface area contributed by atoms with E-state index in [0.29, 0.717) is 19.3 Å². The van der Waals surface area contributed by atoms with Crippen LogP contribution in [0, 0.1) is 5.92 Å². The second-order valence-corrected chi connectivity index (χ2v) is 12.8. The van der Waals surface area contributed by atoms with Crippen molar-refractivity contribution in [3.05, 3.63) is 143 Å². The van der Waals surface area contributed by atoms with Crippen molar-refractivity contribution < 1.29 is 19.8 Å². The largest absolute Gasteiger partial charge is 0.481 e. The van der Waals surface area contributed by atoms with E-state index in [1.807, 2.05) is 56.8 Å². The Morgan fingerprint density at radius 2 is 1.20 bits per heavy atom. The van der Waals surface area contributed by atoms with Gasteiger partial charge < -0.3 is 10.2 Å². The Morgan fingerprint density at radius 1 is 0.707 bits per heavy atom. The molecule has 0 aliphatic carbocycles. The molecule has 0 aromatic heterocycles. The first-order valence-corrected chi connectivity index (χ1v) is 15.0. The summed E-state index contributed by atoms with van der Waals surface area (Å²) in [5.74, 6) is -1.70. The quantitative estimate of drug-likeness (QED) is 0.133. The molecule has 212 valence electrons. The average Bonchev–Trinajstić information content (AvgIpc) is 2.97. The van der Waals surface area contributed by atoms with E-state index >= 15 is 0 Å². The first-order valence-electron chi connectivity index (χ1n) is 14.0. The Hall–Kier alpha value is -3.83. The van der Waals surface area contributed by atoms with E-state index in [1.165, 1.54) is 16.7 Å². The molecule has 4 rings (SSSR count). The van der Waals surface area contributed by atoms with E-state index in [9.17, 15) is 19.8 Å². The Labute approximate surface area is 247 Å². The lowest BCUT2D eigenvalue weighted by Crippen LogP contribution is -2.26. The second-order valence-electron chi connectivity index (χ2n) is 11.5. The standard InChI is InChI=1S/C36H38O4S/c1-35(2,3)32-24-26(23-28(25-32)34(39)40)22-27(33(37)38)14-13-21-41-36(29-15-7-4-8-16-29,30-17-9-5-10-18-30)31-19-11-6-12-20-31/h4-12,15-20,23-25,27H,13-14,21-22H2,1-3H3,(H,37,38)(H,39,40). The summed E-state index contributed by atoms with van der Waals surface area (Å²) in [7, 11) is 0. The predicted molar refractivity (Wildman–Crippen MR) is 168 cm³/mol. The van der Waals surface area contributed by atoms with E-state index < -0.39 is 22.6 Å². The molecule has 5 heteroatoms. The van der Waals surface area contributed by atoms with Crippen LogP contribution in [0.4, 0.5) is 0 Å². The van der Waals surface area contributed by atoms with Crippen molar-refractivity contribution in [1.82, 2.24) is 0 Å². The van der Waals surface area contributed by atoms with Gasteiger partial charge in [0.1, 0.15) is 0 Å². The monoisotopic (exact) mass is 566 g/mol. The molecule has 4 aromatic rings. The Balaban J connectivity index is 1.58.